The molecular formula is C17H18N2O4. The highest BCUT2D eigenvalue weighted by Gasteiger charge is 2.20. The first-order valence-corrected chi connectivity index (χ1v) is 7.00. The second kappa shape index (κ2) is 6.08. The molecule has 2 aromatic rings. The highest BCUT2D eigenvalue weighted by Crippen LogP contribution is 2.28. The molecule has 3 N–H and O–H groups in total. The van der Waals surface area contributed by atoms with Gasteiger partial charge in [0.1, 0.15) is 5.60 Å². The maximum absolute atomic E-state index is 12.0. The number of rotatable bonds is 3. The molecule has 0 aliphatic heterocycles. The van der Waals surface area contributed by atoms with Crippen LogP contribution in [0.4, 0.5) is 5.69 Å². The first-order chi connectivity index (χ1) is 10.7. The van der Waals surface area contributed by atoms with Gasteiger partial charge in [0.25, 0.3) is 0 Å². The number of pyridine rings is 1. The SMILES string of the molecule is CC(C)(C)OC(=O)c1ccc(-c2ncccc2C(=O)O)c(N)c1. The van der Waals surface area contributed by atoms with Gasteiger partial charge in [-0.15, -0.1) is 0 Å². The van der Waals surface area contributed by atoms with E-state index in [1.807, 2.05) is 0 Å². The van der Waals surface area contributed by atoms with Crippen LogP contribution in [0.15, 0.2) is 36.5 Å². The van der Waals surface area contributed by atoms with Gasteiger partial charge < -0.3 is 15.6 Å². The van der Waals surface area contributed by atoms with Crippen molar-refractivity contribution in [1.82, 2.24) is 4.98 Å². The van der Waals surface area contributed by atoms with Gasteiger partial charge in [-0.3, -0.25) is 4.98 Å². The highest BCUT2D eigenvalue weighted by atomic mass is 16.6. The number of carbonyl (C=O) groups is 2. The Morgan fingerprint density at radius 1 is 1.22 bits per heavy atom. The van der Waals surface area contributed by atoms with Gasteiger partial charge in [-0.1, -0.05) is 0 Å². The van der Waals surface area contributed by atoms with Gasteiger partial charge in [0.15, 0.2) is 0 Å². The van der Waals surface area contributed by atoms with Gasteiger partial charge in [-0.25, -0.2) is 9.59 Å². The predicted octanol–water partition coefficient (Wildman–Crippen LogP) is 2.98. The summed E-state index contributed by atoms with van der Waals surface area (Å²) in [4.78, 5) is 27.4. The van der Waals surface area contributed by atoms with Crippen LogP contribution < -0.4 is 5.73 Å². The lowest BCUT2D eigenvalue weighted by Crippen LogP contribution is -2.24. The van der Waals surface area contributed by atoms with E-state index in [1.54, 1.807) is 32.9 Å². The molecule has 0 fully saturated rings. The number of nitrogens with two attached hydrogens (primary N) is 1. The van der Waals surface area contributed by atoms with E-state index in [-0.39, 0.29) is 16.9 Å². The molecule has 0 amide bonds. The fraction of sp³-hybridized carbons (Fsp3) is 0.235. The van der Waals surface area contributed by atoms with Gasteiger partial charge in [0, 0.05) is 17.4 Å². The van der Waals surface area contributed by atoms with Crippen LogP contribution in [0.5, 0.6) is 0 Å². The number of ether oxygens (including phenoxy) is 1. The maximum atomic E-state index is 12.0. The minimum Gasteiger partial charge on any atom is -0.478 e. The van der Waals surface area contributed by atoms with Gasteiger partial charge in [0.2, 0.25) is 0 Å². The molecule has 0 spiro atoms. The van der Waals surface area contributed by atoms with Crippen molar-refractivity contribution in [3.8, 4) is 11.3 Å². The number of aromatic nitrogens is 1. The standard InChI is InChI=1S/C17H18N2O4/c1-17(2,3)23-16(22)10-6-7-11(13(18)9-10)14-12(15(20)21)5-4-8-19-14/h4-9H,18H2,1-3H3,(H,20,21). The molecule has 23 heavy (non-hydrogen) atoms. The van der Waals surface area contributed by atoms with Crippen molar-refractivity contribution in [2.75, 3.05) is 5.73 Å². The van der Waals surface area contributed by atoms with Crippen LogP contribution in [-0.4, -0.2) is 27.6 Å². The molecule has 0 atom stereocenters. The number of anilines is 1. The number of hydrogen-bond donors (Lipinski definition) is 2. The Morgan fingerprint density at radius 3 is 2.48 bits per heavy atom. The molecule has 0 unspecified atom stereocenters. The fourth-order valence-electron chi connectivity index (χ4n) is 2.03. The maximum Gasteiger partial charge on any atom is 0.338 e. The van der Waals surface area contributed by atoms with E-state index >= 15 is 0 Å². The number of nitrogens with zero attached hydrogens (tertiary/aromatic N) is 1. The minimum absolute atomic E-state index is 0.0456. The summed E-state index contributed by atoms with van der Waals surface area (Å²) in [6.45, 7) is 5.32. The summed E-state index contributed by atoms with van der Waals surface area (Å²) in [6.07, 6.45) is 1.49. The monoisotopic (exact) mass is 314 g/mol. The summed E-state index contributed by atoms with van der Waals surface area (Å²) in [5, 5.41) is 9.23. The first-order valence-electron chi connectivity index (χ1n) is 7.00. The van der Waals surface area contributed by atoms with Crippen LogP contribution in [0.1, 0.15) is 41.5 Å². The lowest BCUT2D eigenvalue weighted by molar-refractivity contribution is 0.00694. The second-order valence-corrected chi connectivity index (χ2v) is 6.01. The van der Waals surface area contributed by atoms with Crippen LogP contribution in [0.25, 0.3) is 11.3 Å². The Kier molecular flexibility index (Phi) is 4.36. The molecule has 0 bridgehead atoms. The molecule has 0 saturated carbocycles. The quantitative estimate of drug-likeness (QED) is 0.667. The summed E-state index contributed by atoms with van der Waals surface area (Å²) in [6, 6.07) is 7.57. The number of hydrogen-bond acceptors (Lipinski definition) is 5. The van der Waals surface area contributed by atoms with Crippen molar-refractivity contribution >= 4 is 17.6 Å². The summed E-state index contributed by atoms with van der Waals surface area (Å²) in [5.74, 6) is -1.58. The lowest BCUT2D eigenvalue weighted by Gasteiger charge is -2.19. The third-order valence-electron chi connectivity index (χ3n) is 2.98. The summed E-state index contributed by atoms with van der Waals surface area (Å²) in [7, 11) is 0. The van der Waals surface area contributed by atoms with E-state index in [9.17, 15) is 14.7 Å². The highest BCUT2D eigenvalue weighted by molar-refractivity contribution is 5.98. The number of aromatic carboxylic acids is 1. The number of benzene rings is 1. The largest absolute Gasteiger partial charge is 0.478 e. The molecular weight excluding hydrogens is 296 g/mol. The van der Waals surface area contributed by atoms with Gasteiger partial charge >= 0.3 is 11.9 Å². The number of carboxylic acid groups (broad SMARTS) is 1. The van der Waals surface area contributed by atoms with E-state index < -0.39 is 17.5 Å². The van der Waals surface area contributed by atoms with Crippen LogP contribution in [0, 0.1) is 0 Å². The fourth-order valence-corrected chi connectivity index (χ4v) is 2.03. The molecule has 0 aliphatic rings. The van der Waals surface area contributed by atoms with E-state index in [1.165, 1.54) is 24.4 Å². The van der Waals surface area contributed by atoms with E-state index in [2.05, 4.69) is 4.98 Å². The second-order valence-electron chi connectivity index (χ2n) is 6.01. The molecule has 120 valence electrons. The van der Waals surface area contributed by atoms with Gasteiger partial charge in [-0.05, 0) is 51.1 Å². The molecule has 1 heterocycles. The van der Waals surface area contributed by atoms with Crippen LogP contribution in [0.2, 0.25) is 0 Å². The van der Waals surface area contributed by atoms with Crippen molar-refractivity contribution in [2.45, 2.75) is 26.4 Å². The van der Waals surface area contributed by atoms with E-state index in [0.29, 0.717) is 11.1 Å². The lowest BCUT2D eigenvalue weighted by atomic mass is 10.0. The zero-order chi connectivity index (χ0) is 17.2. The third-order valence-corrected chi connectivity index (χ3v) is 2.98. The van der Waals surface area contributed by atoms with Crippen molar-refractivity contribution < 1.29 is 19.4 Å². The normalized spacial score (nSPS) is 11.1. The Morgan fingerprint density at radius 2 is 1.91 bits per heavy atom. The molecule has 0 radical (unpaired) electrons. The van der Waals surface area contributed by atoms with Gasteiger partial charge in [-0.2, -0.15) is 0 Å². The molecule has 2 rings (SSSR count). The van der Waals surface area contributed by atoms with Crippen LogP contribution in [-0.2, 0) is 4.74 Å². The molecule has 1 aromatic carbocycles. The molecule has 6 heteroatoms. The van der Waals surface area contributed by atoms with Crippen molar-refractivity contribution in [1.29, 1.82) is 0 Å². The Balaban J connectivity index is 2.42. The molecule has 6 nitrogen and oxygen atoms in total. The average Bonchev–Trinajstić information content (AvgIpc) is 2.45. The summed E-state index contributed by atoms with van der Waals surface area (Å²) in [5.41, 5.74) is 6.69. The van der Waals surface area contributed by atoms with Crippen molar-refractivity contribution in [3.05, 3.63) is 47.7 Å². The van der Waals surface area contributed by atoms with E-state index in [0.717, 1.165) is 0 Å². The molecule has 1 aromatic heterocycles. The average molecular weight is 314 g/mol. The third kappa shape index (κ3) is 3.85. The summed E-state index contributed by atoms with van der Waals surface area (Å²) < 4.78 is 5.28. The number of nitrogen functional groups attached to an aromatic ring is 1. The van der Waals surface area contributed by atoms with Crippen LogP contribution in [0.3, 0.4) is 0 Å². The van der Waals surface area contributed by atoms with E-state index in [4.69, 9.17) is 10.5 Å². The Hall–Kier alpha value is -2.89. The van der Waals surface area contributed by atoms with Gasteiger partial charge in [0.05, 0.1) is 16.8 Å². The number of carbonyl (C=O) groups excluding carboxylic acids is 1. The summed E-state index contributed by atoms with van der Waals surface area (Å²) >= 11 is 0. The zero-order valence-electron chi connectivity index (χ0n) is 13.2. The minimum atomic E-state index is -1.09. The Bertz CT molecular complexity index is 763. The first kappa shape index (κ1) is 16.5. The zero-order valence-corrected chi connectivity index (χ0v) is 13.2. The number of carboxylic acids is 1. The predicted molar refractivity (Wildman–Crippen MR) is 86.2 cm³/mol. The molecule has 0 saturated heterocycles. The van der Waals surface area contributed by atoms with Crippen molar-refractivity contribution in [3.63, 3.8) is 0 Å². The topological polar surface area (TPSA) is 103 Å². The van der Waals surface area contributed by atoms with Crippen molar-refractivity contribution in [2.24, 2.45) is 0 Å². The molecule has 0 aliphatic carbocycles. The Labute approximate surface area is 133 Å². The smallest absolute Gasteiger partial charge is 0.338 e. The van der Waals surface area contributed by atoms with Crippen LogP contribution >= 0.6 is 0 Å². The number of esters is 1.